The summed E-state index contributed by atoms with van der Waals surface area (Å²) in [5.41, 5.74) is 5.45. The van der Waals surface area contributed by atoms with Crippen molar-refractivity contribution < 1.29 is 48.6 Å². The number of aliphatic hydroxyl groups excluding tert-OH is 3. The molecule has 2 aliphatic heterocycles. The molecule has 1 saturated heterocycles. The number of rotatable bonds is 23. The van der Waals surface area contributed by atoms with E-state index in [1.54, 1.807) is 35.2 Å². The number of nitrogens with zero attached hydrogens (tertiary/aromatic N) is 3. The monoisotopic (exact) mass is 939 g/mol. The molecule has 13 nitrogen and oxygen atoms in total. The minimum Gasteiger partial charge on any atom is -0.459 e. The Labute approximate surface area is 405 Å². The van der Waals surface area contributed by atoms with Crippen LogP contribution in [0.4, 0.5) is 0 Å². The minimum atomic E-state index is -1.52. The number of fused-ring (bicyclic) bond motifs is 2. The molecule has 1 saturated carbocycles. The van der Waals surface area contributed by atoms with Crippen molar-refractivity contribution in [3.63, 3.8) is 0 Å². The van der Waals surface area contributed by atoms with Crippen molar-refractivity contribution in [3.8, 4) is 34.4 Å². The summed E-state index contributed by atoms with van der Waals surface area (Å²) < 4.78 is 33.1. The number of nitriles is 1. The lowest BCUT2D eigenvalue weighted by Crippen LogP contribution is -2.70. The van der Waals surface area contributed by atoms with Gasteiger partial charge in [-0.2, -0.15) is 5.26 Å². The molecule has 4 aromatic rings. The van der Waals surface area contributed by atoms with Gasteiger partial charge >= 0.3 is 0 Å². The minimum absolute atomic E-state index is 0.00286. The molecule has 364 valence electrons. The Morgan fingerprint density at radius 3 is 2.35 bits per heavy atom. The number of allylic oxidation sites excluding steroid dienone is 1. The molecule has 13 heteroatoms. The van der Waals surface area contributed by atoms with E-state index in [0.29, 0.717) is 60.0 Å². The molecule has 3 N–H and O–H groups in total. The number of benzene rings is 4. The van der Waals surface area contributed by atoms with Crippen molar-refractivity contribution >= 4 is 11.6 Å². The van der Waals surface area contributed by atoms with Gasteiger partial charge in [0.15, 0.2) is 0 Å². The lowest BCUT2D eigenvalue weighted by atomic mass is 9.55. The van der Waals surface area contributed by atoms with Gasteiger partial charge in [0.2, 0.25) is 12.1 Å². The smallest absolute Gasteiger partial charge is 0.254 e. The number of ether oxygens (including phenoxy) is 5. The second-order valence-electron chi connectivity index (χ2n) is 18.2. The van der Waals surface area contributed by atoms with Crippen LogP contribution in [0, 0.1) is 29.1 Å². The fourth-order valence-corrected chi connectivity index (χ4v) is 10.7. The number of oxime groups is 1. The molecule has 7 unspecified atom stereocenters. The first kappa shape index (κ1) is 49.6. The van der Waals surface area contributed by atoms with E-state index in [9.17, 15) is 20.6 Å². The number of carbonyl (C=O) groups excluding carboxylic acids is 1. The first-order valence-electron chi connectivity index (χ1n) is 24.6. The fraction of sp³-hybridized carbons (Fsp3) is 0.446. The molecule has 4 aromatic carbocycles. The van der Waals surface area contributed by atoms with Gasteiger partial charge in [0, 0.05) is 49.6 Å². The molecule has 8 rings (SSSR count). The van der Waals surface area contributed by atoms with Gasteiger partial charge in [-0.3, -0.25) is 4.79 Å². The Bertz CT molecular complexity index is 2410. The van der Waals surface area contributed by atoms with Crippen molar-refractivity contribution in [2.75, 3.05) is 52.8 Å². The van der Waals surface area contributed by atoms with Crippen LogP contribution in [-0.4, -0.2) is 103 Å². The quantitative estimate of drug-likeness (QED) is 0.0368. The van der Waals surface area contributed by atoms with Crippen molar-refractivity contribution in [2.24, 2.45) is 22.9 Å². The number of hydrogen-bond donors (Lipinski definition) is 3. The van der Waals surface area contributed by atoms with Crippen molar-refractivity contribution in [1.82, 2.24) is 4.90 Å². The van der Waals surface area contributed by atoms with E-state index in [0.717, 1.165) is 60.8 Å². The molecule has 2 aliphatic carbocycles. The average molecular weight is 940 g/mol. The van der Waals surface area contributed by atoms with Crippen LogP contribution in [0.3, 0.4) is 0 Å². The number of amides is 1. The molecule has 0 aromatic heterocycles. The maximum absolute atomic E-state index is 15.2. The predicted molar refractivity (Wildman–Crippen MR) is 262 cm³/mol. The lowest BCUT2D eigenvalue weighted by molar-refractivity contribution is -0.255. The largest absolute Gasteiger partial charge is 0.459 e. The molecule has 2 fully saturated rings. The van der Waals surface area contributed by atoms with Gasteiger partial charge in [-0.05, 0) is 122 Å². The van der Waals surface area contributed by atoms with E-state index in [1.165, 1.54) is 0 Å². The number of hydrogen-bond acceptors (Lipinski definition) is 12. The summed E-state index contributed by atoms with van der Waals surface area (Å²) in [7, 11) is 0. The zero-order chi connectivity index (χ0) is 48.0. The van der Waals surface area contributed by atoms with Crippen LogP contribution < -0.4 is 9.47 Å². The molecule has 7 atom stereocenters. The van der Waals surface area contributed by atoms with Crippen molar-refractivity contribution in [1.29, 1.82) is 5.26 Å². The second kappa shape index (κ2) is 24.1. The average Bonchev–Trinajstić information content (AvgIpc) is 3.39. The molecule has 2 heterocycles. The Morgan fingerprint density at radius 1 is 0.884 bits per heavy atom. The van der Waals surface area contributed by atoms with Gasteiger partial charge in [0.25, 0.3) is 5.91 Å². The van der Waals surface area contributed by atoms with Gasteiger partial charge in [0.05, 0.1) is 56.3 Å². The summed E-state index contributed by atoms with van der Waals surface area (Å²) >= 11 is 0. The van der Waals surface area contributed by atoms with E-state index < -0.39 is 24.0 Å². The summed E-state index contributed by atoms with van der Waals surface area (Å²) in [6.45, 7) is 4.98. The molecule has 4 aliphatic rings. The van der Waals surface area contributed by atoms with E-state index in [4.69, 9.17) is 33.7 Å². The number of unbranched alkanes of at least 4 members (excludes halogenated alkanes) is 2. The normalized spacial score (nSPS) is 24.2. The van der Waals surface area contributed by atoms with Gasteiger partial charge in [0.1, 0.15) is 23.3 Å². The summed E-state index contributed by atoms with van der Waals surface area (Å²) in [4.78, 5) is 23.2. The van der Waals surface area contributed by atoms with Crippen LogP contribution in [0.1, 0.15) is 91.6 Å². The van der Waals surface area contributed by atoms with Crippen molar-refractivity contribution in [2.45, 2.75) is 88.2 Å². The Kier molecular flexibility index (Phi) is 17.3. The molecule has 1 amide bonds. The van der Waals surface area contributed by atoms with Crippen LogP contribution in [0.5, 0.6) is 17.2 Å². The van der Waals surface area contributed by atoms with Gasteiger partial charge in [-0.1, -0.05) is 72.6 Å². The summed E-state index contributed by atoms with van der Waals surface area (Å²) in [6, 6.07) is 32.0. The summed E-state index contributed by atoms with van der Waals surface area (Å²) in [5, 5.41) is 44.4. The highest BCUT2D eigenvalue weighted by Crippen LogP contribution is 2.62. The SMILES string of the molecule is C=CCOC12Oc3ccc(Oc4ccc(-c5ccccc5)cc4)cc3C3C(CCCCO)C(CCCCO)C=C(C(=NOC4CCCCO4)CC1N(CCOCCO)C(=O)c1ccc(C#N)cc1)C32. The molecular weight excluding hydrogens is 875 g/mol. The van der Waals surface area contributed by atoms with Crippen LogP contribution >= 0.6 is 0 Å². The third-order valence-corrected chi connectivity index (χ3v) is 13.9. The molecular formula is C56H65N3O10. The predicted octanol–water partition coefficient (Wildman–Crippen LogP) is 9.33. The van der Waals surface area contributed by atoms with Crippen molar-refractivity contribution in [3.05, 3.63) is 138 Å². The highest BCUT2D eigenvalue weighted by molar-refractivity contribution is 6.03. The lowest BCUT2D eigenvalue weighted by Gasteiger charge is -2.60. The number of carbonyl (C=O) groups is 1. The maximum atomic E-state index is 15.2. The molecule has 69 heavy (non-hydrogen) atoms. The first-order valence-corrected chi connectivity index (χ1v) is 24.6. The highest BCUT2D eigenvalue weighted by Gasteiger charge is 2.65. The van der Waals surface area contributed by atoms with E-state index in [1.807, 2.05) is 54.6 Å². The van der Waals surface area contributed by atoms with Crippen LogP contribution in [0.15, 0.2) is 127 Å². The Balaban J connectivity index is 1.30. The summed E-state index contributed by atoms with van der Waals surface area (Å²) in [5.74, 6) is -0.755. The zero-order valence-electron chi connectivity index (χ0n) is 39.3. The van der Waals surface area contributed by atoms with Crippen LogP contribution in [0.2, 0.25) is 0 Å². The maximum Gasteiger partial charge on any atom is 0.254 e. The van der Waals surface area contributed by atoms with Crippen LogP contribution in [0.25, 0.3) is 11.1 Å². The molecule has 0 radical (unpaired) electrons. The Morgan fingerprint density at radius 2 is 1.64 bits per heavy atom. The third kappa shape index (κ3) is 11.4. The molecule has 0 bridgehead atoms. The van der Waals surface area contributed by atoms with E-state index >= 15 is 4.79 Å². The highest BCUT2D eigenvalue weighted by atomic mass is 16.8. The van der Waals surface area contributed by atoms with Gasteiger partial charge in [-0.25, -0.2) is 0 Å². The van der Waals surface area contributed by atoms with E-state index in [2.05, 4.69) is 36.9 Å². The fourth-order valence-electron chi connectivity index (χ4n) is 10.7. The Hall–Kier alpha value is -5.85. The standard InChI is InChI=1S/C56H65N3O10/c1-2-31-66-56-51(59(27-33-64-34-30-62)55(63)42-19-17-39(38-57)18-20-42)37-49(58-69-52-16-8-11-32-65-52)47-35-43(14-6-9-28-60)46(15-7-10-29-61)53(54(47)56)48-36-45(25-26-50(48)68-56)67-44-23-21-41(22-24-44)40-12-4-3-5-13-40/h2-5,12-13,17-26,35-36,43,46,51-54,60-62H,1,6-11,14-16,27-34,37H2. The summed E-state index contributed by atoms with van der Waals surface area (Å²) in [6.07, 6.45) is 10.6. The van der Waals surface area contributed by atoms with Gasteiger partial charge in [-0.15, -0.1) is 6.58 Å². The molecule has 0 spiro atoms. The third-order valence-electron chi connectivity index (χ3n) is 13.9. The van der Waals surface area contributed by atoms with Gasteiger partial charge < -0.3 is 48.7 Å². The number of aliphatic hydroxyl groups is 3. The van der Waals surface area contributed by atoms with E-state index in [-0.39, 0.29) is 76.3 Å². The second-order valence-corrected chi connectivity index (χ2v) is 18.2. The first-order chi connectivity index (χ1) is 33.9. The topological polar surface area (TPSA) is 173 Å². The zero-order valence-corrected chi connectivity index (χ0v) is 39.3. The van der Waals surface area contributed by atoms with Crippen LogP contribution in [-0.2, 0) is 19.0 Å².